The van der Waals surface area contributed by atoms with Crippen LogP contribution in [0, 0.1) is 6.92 Å². The van der Waals surface area contributed by atoms with Crippen molar-refractivity contribution in [3.8, 4) is 0 Å². The Morgan fingerprint density at radius 2 is 2.17 bits per heavy atom. The van der Waals surface area contributed by atoms with Gasteiger partial charge in [0.2, 0.25) is 0 Å². The Balaban J connectivity index is 2.18. The van der Waals surface area contributed by atoms with E-state index in [1.165, 1.54) is 0 Å². The molecule has 0 bridgehead atoms. The fourth-order valence-electron chi connectivity index (χ4n) is 2.56. The van der Waals surface area contributed by atoms with Gasteiger partial charge in [-0.1, -0.05) is 0 Å². The highest BCUT2D eigenvalue weighted by molar-refractivity contribution is 5.97. The van der Waals surface area contributed by atoms with Gasteiger partial charge in [-0.2, -0.15) is 0 Å². The highest BCUT2D eigenvalue weighted by atomic mass is 16.5. The van der Waals surface area contributed by atoms with E-state index in [0.29, 0.717) is 11.5 Å². The Hall–Kier alpha value is -1.75. The summed E-state index contributed by atoms with van der Waals surface area (Å²) in [7, 11) is 0. The van der Waals surface area contributed by atoms with Crippen molar-refractivity contribution in [2.24, 2.45) is 0 Å². The first-order valence-electron chi connectivity index (χ1n) is 6.18. The summed E-state index contributed by atoms with van der Waals surface area (Å²) in [6.07, 6.45) is 4.47. The van der Waals surface area contributed by atoms with Crippen LogP contribution in [0.3, 0.4) is 0 Å². The fourth-order valence-corrected chi connectivity index (χ4v) is 2.56. The smallest absolute Gasteiger partial charge is 0.152 e. The third-order valence-electron chi connectivity index (χ3n) is 3.44. The molecule has 0 aromatic carbocycles. The molecule has 0 spiro atoms. The minimum absolute atomic E-state index is 0.359. The molecule has 3 heterocycles. The number of aldehydes is 1. The largest absolute Gasteiger partial charge is 0.381 e. The average molecular weight is 245 g/mol. The topological polar surface area (TPSA) is 67.9 Å². The SMILES string of the molecule is Cc1nc(C2CCOCC2)c2c(C=O)c[nH]c2n1. The monoisotopic (exact) mass is 245 g/mol. The Morgan fingerprint density at radius 3 is 2.89 bits per heavy atom. The summed E-state index contributed by atoms with van der Waals surface area (Å²) in [6.45, 7) is 3.40. The molecule has 2 aromatic rings. The van der Waals surface area contributed by atoms with Crippen molar-refractivity contribution in [1.29, 1.82) is 0 Å². The number of aromatic amines is 1. The maximum Gasteiger partial charge on any atom is 0.152 e. The molecule has 18 heavy (non-hydrogen) atoms. The lowest BCUT2D eigenvalue weighted by molar-refractivity contribution is 0.0847. The summed E-state index contributed by atoms with van der Waals surface area (Å²) in [5, 5.41) is 0.877. The lowest BCUT2D eigenvalue weighted by atomic mass is 9.93. The van der Waals surface area contributed by atoms with E-state index in [2.05, 4.69) is 15.0 Å². The third kappa shape index (κ3) is 1.80. The van der Waals surface area contributed by atoms with E-state index in [-0.39, 0.29) is 0 Å². The van der Waals surface area contributed by atoms with Crippen molar-refractivity contribution in [3.63, 3.8) is 0 Å². The van der Waals surface area contributed by atoms with Gasteiger partial charge in [0, 0.05) is 30.9 Å². The van der Waals surface area contributed by atoms with Crippen molar-refractivity contribution in [2.45, 2.75) is 25.7 Å². The van der Waals surface area contributed by atoms with Crippen molar-refractivity contribution < 1.29 is 9.53 Å². The van der Waals surface area contributed by atoms with Crippen LogP contribution in [0.1, 0.15) is 40.6 Å². The molecule has 0 atom stereocenters. The third-order valence-corrected chi connectivity index (χ3v) is 3.44. The number of hydrogen-bond acceptors (Lipinski definition) is 4. The number of carbonyl (C=O) groups is 1. The quantitative estimate of drug-likeness (QED) is 0.821. The highest BCUT2D eigenvalue weighted by Gasteiger charge is 2.22. The predicted octanol–water partition coefficient (Wildman–Crippen LogP) is 1.97. The number of nitrogens with one attached hydrogen (secondary N) is 1. The van der Waals surface area contributed by atoms with Crippen LogP contribution < -0.4 is 0 Å². The zero-order valence-electron chi connectivity index (χ0n) is 10.3. The molecular formula is C13H15N3O2. The number of aryl methyl sites for hydroxylation is 1. The van der Waals surface area contributed by atoms with Crippen LogP contribution in [0.2, 0.25) is 0 Å². The van der Waals surface area contributed by atoms with E-state index < -0.39 is 0 Å². The van der Waals surface area contributed by atoms with Gasteiger partial charge >= 0.3 is 0 Å². The van der Waals surface area contributed by atoms with Crippen LogP contribution in [-0.2, 0) is 4.74 Å². The Labute approximate surface area is 105 Å². The minimum atomic E-state index is 0.359. The molecule has 94 valence electrons. The van der Waals surface area contributed by atoms with Crippen molar-refractivity contribution in [2.75, 3.05) is 13.2 Å². The van der Waals surface area contributed by atoms with Crippen molar-refractivity contribution in [3.05, 3.63) is 23.3 Å². The maximum atomic E-state index is 11.1. The van der Waals surface area contributed by atoms with Crippen LogP contribution >= 0.6 is 0 Å². The summed E-state index contributed by atoms with van der Waals surface area (Å²) in [4.78, 5) is 23.1. The molecule has 0 radical (unpaired) electrons. The summed E-state index contributed by atoms with van der Waals surface area (Å²) in [6, 6.07) is 0. The number of hydrogen-bond donors (Lipinski definition) is 1. The van der Waals surface area contributed by atoms with Gasteiger partial charge in [-0.3, -0.25) is 4.79 Å². The second-order valence-electron chi connectivity index (χ2n) is 4.63. The van der Waals surface area contributed by atoms with Gasteiger partial charge in [-0.25, -0.2) is 9.97 Å². The number of H-pyrrole nitrogens is 1. The van der Waals surface area contributed by atoms with Gasteiger partial charge in [-0.15, -0.1) is 0 Å². The molecule has 1 saturated heterocycles. The Bertz CT molecular complexity index is 585. The van der Waals surface area contributed by atoms with Gasteiger partial charge in [0.1, 0.15) is 11.5 Å². The highest BCUT2D eigenvalue weighted by Crippen LogP contribution is 2.31. The van der Waals surface area contributed by atoms with E-state index in [0.717, 1.165) is 54.9 Å². The second-order valence-corrected chi connectivity index (χ2v) is 4.63. The normalized spacial score (nSPS) is 17.2. The van der Waals surface area contributed by atoms with Crippen LogP contribution in [0.15, 0.2) is 6.20 Å². The van der Waals surface area contributed by atoms with E-state index in [4.69, 9.17) is 4.74 Å². The van der Waals surface area contributed by atoms with Gasteiger partial charge in [0.15, 0.2) is 6.29 Å². The number of nitrogens with zero attached hydrogens (tertiary/aromatic N) is 2. The minimum Gasteiger partial charge on any atom is -0.381 e. The zero-order chi connectivity index (χ0) is 12.5. The van der Waals surface area contributed by atoms with E-state index in [9.17, 15) is 4.79 Å². The lowest BCUT2D eigenvalue weighted by Crippen LogP contribution is -2.16. The maximum absolute atomic E-state index is 11.1. The molecule has 5 nitrogen and oxygen atoms in total. The Morgan fingerprint density at radius 1 is 1.39 bits per heavy atom. The number of ether oxygens (including phenoxy) is 1. The van der Waals surface area contributed by atoms with Crippen LogP contribution in [0.4, 0.5) is 0 Å². The standard InChI is InChI=1S/C13H15N3O2/c1-8-15-12(9-2-4-18-5-3-9)11-10(7-17)6-14-13(11)16-8/h6-7,9H,2-5H2,1H3,(H,14,15,16). The molecule has 0 saturated carbocycles. The molecule has 0 amide bonds. The second kappa shape index (κ2) is 4.49. The first kappa shape index (κ1) is 11.3. The first-order chi connectivity index (χ1) is 8.79. The molecule has 1 aliphatic heterocycles. The molecule has 5 heteroatoms. The first-order valence-corrected chi connectivity index (χ1v) is 6.18. The van der Waals surface area contributed by atoms with Gasteiger partial charge in [-0.05, 0) is 19.8 Å². The summed E-state index contributed by atoms with van der Waals surface area (Å²) >= 11 is 0. The predicted molar refractivity (Wildman–Crippen MR) is 66.8 cm³/mol. The number of rotatable bonds is 2. The van der Waals surface area contributed by atoms with Crippen LogP contribution in [0.5, 0.6) is 0 Å². The van der Waals surface area contributed by atoms with Crippen LogP contribution in [-0.4, -0.2) is 34.5 Å². The van der Waals surface area contributed by atoms with Gasteiger partial charge < -0.3 is 9.72 Å². The van der Waals surface area contributed by atoms with Gasteiger partial charge in [0.25, 0.3) is 0 Å². The molecule has 0 aliphatic carbocycles. The molecule has 1 aliphatic rings. The van der Waals surface area contributed by atoms with E-state index in [1.54, 1.807) is 6.20 Å². The van der Waals surface area contributed by atoms with Crippen LogP contribution in [0.25, 0.3) is 11.0 Å². The summed E-state index contributed by atoms with van der Waals surface area (Å²) < 4.78 is 5.38. The van der Waals surface area contributed by atoms with Gasteiger partial charge in [0.05, 0.1) is 11.1 Å². The summed E-state index contributed by atoms with van der Waals surface area (Å²) in [5.74, 6) is 1.10. The lowest BCUT2D eigenvalue weighted by Gasteiger charge is -2.22. The molecule has 0 unspecified atom stereocenters. The molecular weight excluding hydrogens is 230 g/mol. The molecule has 1 fully saturated rings. The molecule has 2 aromatic heterocycles. The van der Waals surface area contributed by atoms with E-state index in [1.807, 2.05) is 6.92 Å². The van der Waals surface area contributed by atoms with E-state index >= 15 is 0 Å². The number of aromatic nitrogens is 3. The Kier molecular flexibility index (Phi) is 2.83. The number of fused-ring (bicyclic) bond motifs is 1. The number of carbonyl (C=O) groups excluding carboxylic acids is 1. The fraction of sp³-hybridized carbons (Fsp3) is 0.462. The zero-order valence-corrected chi connectivity index (χ0v) is 10.3. The average Bonchev–Trinajstić information content (AvgIpc) is 2.81. The summed E-state index contributed by atoms with van der Waals surface area (Å²) in [5.41, 5.74) is 2.39. The molecule has 1 N–H and O–H groups in total. The van der Waals surface area contributed by atoms with Crippen molar-refractivity contribution >= 4 is 17.3 Å². The molecule has 3 rings (SSSR count). The van der Waals surface area contributed by atoms with Crippen molar-refractivity contribution in [1.82, 2.24) is 15.0 Å².